The van der Waals surface area contributed by atoms with Crippen LogP contribution in [0.15, 0.2) is 48.5 Å². The van der Waals surface area contributed by atoms with Crippen molar-refractivity contribution in [3.8, 4) is 0 Å². The van der Waals surface area contributed by atoms with Gasteiger partial charge in [-0.1, -0.05) is 49.4 Å². The molecule has 1 N–H and O–H groups in total. The number of aryl methyl sites for hydroxylation is 1. The third-order valence-electron chi connectivity index (χ3n) is 3.76. The number of nitrogens with one attached hydrogen (secondary N) is 1. The van der Waals surface area contributed by atoms with E-state index in [-0.39, 0.29) is 17.9 Å². The zero-order valence-corrected chi connectivity index (χ0v) is 12.4. The smallest absolute Gasteiger partial charge is 0.127 e. The maximum atomic E-state index is 13.8. The Morgan fingerprint density at radius 1 is 0.950 bits per heavy atom. The normalized spacial score (nSPS) is 14.0. The van der Waals surface area contributed by atoms with Crippen molar-refractivity contribution < 1.29 is 4.39 Å². The Labute approximate surface area is 120 Å². The molecule has 106 valence electrons. The van der Waals surface area contributed by atoms with Crippen LogP contribution in [-0.2, 0) is 6.42 Å². The van der Waals surface area contributed by atoms with Gasteiger partial charge in [0.1, 0.15) is 5.82 Å². The fraction of sp³-hybridized carbons (Fsp3) is 0.333. The molecule has 2 heteroatoms. The monoisotopic (exact) mass is 271 g/mol. The summed E-state index contributed by atoms with van der Waals surface area (Å²) in [5.41, 5.74) is 3.28. The van der Waals surface area contributed by atoms with Crippen LogP contribution in [0, 0.1) is 5.82 Å². The number of hydrogen-bond donors (Lipinski definition) is 1. The lowest BCUT2D eigenvalue weighted by molar-refractivity contribution is 0.474. The van der Waals surface area contributed by atoms with Crippen molar-refractivity contribution in [2.75, 3.05) is 0 Å². The van der Waals surface area contributed by atoms with E-state index in [1.54, 1.807) is 6.07 Å². The summed E-state index contributed by atoms with van der Waals surface area (Å²) >= 11 is 0. The molecule has 2 aromatic rings. The van der Waals surface area contributed by atoms with Crippen LogP contribution in [0.2, 0.25) is 0 Å². The molecule has 0 amide bonds. The van der Waals surface area contributed by atoms with Crippen molar-refractivity contribution in [2.45, 2.75) is 39.3 Å². The van der Waals surface area contributed by atoms with Crippen molar-refractivity contribution in [3.63, 3.8) is 0 Å². The molecule has 20 heavy (non-hydrogen) atoms. The van der Waals surface area contributed by atoms with Crippen molar-refractivity contribution in [1.29, 1.82) is 0 Å². The van der Waals surface area contributed by atoms with Gasteiger partial charge in [-0.15, -0.1) is 0 Å². The van der Waals surface area contributed by atoms with Crippen LogP contribution in [-0.4, -0.2) is 0 Å². The highest BCUT2D eigenvalue weighted by Gasteiger charge is 2.13. The first-order chi connectivity index (χ1) is 9.61. The highest BCUT2D eigenvalue weighted by Crippen LogP contribution is 2.21. The molecule has 0 saturated heterocycles. The molecule has 0 aromatic heterocycles. The van der Waals surface area contributed by atoms with Gasteiger partial charge in [0.25, 0.3) is 0 Å². The molecule has 0 saturated carbocycles. The van der Waals surface area contributed by atoms with E-state index in [2.05, 4.69) is 43.4 Å². The van der Waals surface area contributed by atoms with Gasteiger partial charge >= 0.3 is 0 Å². The van der Waals surface area contributed by atoms with E-state index in [4.69, 9.17) is 0 Å². The maximum Gasteiger partial charge on any atom is 0.127 e. The largest absolute Gasteiger partial charge is 0.304 e. The minimum Gasteiger partial charge on any atom is -0.304 e. The second-order valence-electron chi connectivity index (χ2n) is 5.23. The summed E-state index contributed by atoms with van der Waals surface area (Å²) in [6, 6.07) is 15.7. The molecule has 2 atom stereocenters. The molecule has 0 radical (unpaired) electrons. The van der Waals surface area contributed by atoms with Gasteiger partial charge in [-0.05, 0) is 37.5 Å². The van der Waals surface area contributed by atoms with E-state index in [1.165, 1.54) is 17.2 Å². The molecule has 0 spiro atoms. The predicted octanol–water partition coefficient (Wildman–Crippen LogP) is 4.80. The molecule has 0 aliphatic rings. The van der Waals surface area contributed by atoms with Gasteiger partial charge in [0.05, 0.1) is 0 Å². The van der Waals surface area contributed by atoms with Gasteiger partial charge < -0.3 is 5.32 Å². The average molecular weight is 271 g/mol. The fourth-order valence-electron chi connectivity index (χ4n) is 2.43. The lowest BCUT2D eigenvalue weighted by Crippen LogP contribution is -2.23. The molecule has 1 nitrogen and oxygen atoms in total. The molecule has 0 bridgehead atoms. The summed E-state index contributed by atoms with van der Waals surface area (Å²) in [6.45, 7) is 6.25. The number of halogens is 1. The zero-order chi connectivity index (χ0) is 14.5. The Balaban J connectivity index is 2.06. The molecule has 0 fully saturated rings. The zero-order valence-electron chi connectivity index (χ0n) is 12.4. The Morgan fingerprint density at radius 3 is 2.20 bits per heavy atom. The second kappa shape index (κ2) is 6.67. The number of rotatable bonds is 5. The summed E-state index contributed by atoms with van der Waals surface area (Å²) in [6.07, 6.45) is 1.05. The molecule has 2 rings (SSSR count). The van der Waals surface area contributed by atoms with Gasteiger partial charge in [-0.25, -0.2) is 4.39 Å². The van der Waals surface area contributed by atoms with Crippen LogP contribution >= 0.6 is 0 Å². The third kappa shape index (κ3) is 3.45. The second-order valence-corrected chi connectivity index (χ2v) is 5.23. The first-order valence-corrected chi connectivity index (χ1v) is 7.21. The Hall–Kier alpha value is -1.67. The van der Waals surface area contributed by atoms with Gasteiger partial charge in [0, 0.05) is 17.6 Å². The summed E-state index contributed by atoms with van der Waals surface area (Å²) in [5, 5.41) is 3.45. The van der Waals surface area contributed by atoms with Crippen molar-refractivity contribution >= 4 is 0 Å². The first-order valence-electron chi connectivity index (χ1n) is 7.21. The van der Waals surface area contributed by atoms with Crippen LogP contribution in [0.1, 0.15) is 49.5 Å². The van der Waals surface area contributed by atoms with E-state index < -0.39 is 0 Å². The molecule has 0 aliphatic carbocycles. The van der Waals surface area contributed by atoms with Gasteiger partial charge in [0.15, 0.2) is 0 Å². The highest BCUT2D eigenvalue weighted by atomic mass is 19.1. The Bertz CT molecular complexity index is 548. The van der Waals surface area contributed by atoms with Gasteiger partial charge in [0.2, 0.25) is 0 Å². The molecule has 2 aromatic carbocycles. The molecule has 0 aliphatic heterocycles. The van der Waals surface area contributed by atoms with Crippen LogP contribution in [0.4, 0.5) is 4.39 Å². The number of hydrogen-bond acceptors (Lipinski definition) is 1. The van der Waals surface area contributed by atoms with Gasteiger partial charge in [-0.2, -0.15) is 0 Å². The van der Waals surface area contributed by atoms with Crippen LogP contribution in [0.5, 0.6) is 0 Å². The first kappa shape index (κ1) is 14.7. The molecule has 0 heterocycles. The molecular weight excluding hydrogens is 249 g/mol. The quantitative estimate of drug-likeness (QED) is 0.823. The van der Waals surface area contributed by atoms with Crippen molar-refractivity contribution in [3.05, 3.63) is 71.0 Å². The van der Waals surface area contributed by atoms with E-state index in [0.717, 1.165) is 6.42 Å². The summed E-state index contributed by atoms with van der Waals surface area (Å²) in [4.78, 5) is 0. The molecule has 2 unspecified atom stereocenters. The SMILES string of the molecule is CCc1ccc(C(C)NC(C)c2ccccc2F)cc1. The highest BCUT2D eigenvalue weighted by molar-refractivity contribution is 5.26. The van der Waals surface area contributed by atoms with Crippen LogP contribution < -0.4 is 5.32 Å². The van der Waals surface area contributed by atoms with Crippen LogP contribution in [0.3, 0.4) is 0 Å². The van der Waals surface area contributed by atoms with Crippen LogP contribution in [0.25, 0.3) is 0 Å². The van der Waals surface area contributed by atoms with Crippen molar-refractivity contribution in [2.24, 2.45) is 0 Å². The lowest BCUT2D eigenvalue weighted by atomic mass is 10.0. The maximum absolute atomic E-state index is 13.8. The summed E-state index contributed by atoms with van der Waals surface area (Å²) < 4.78 is 13.8. The van der Waals surface area contributed by atoms with E-state index in [9.17, 15) is 4.39 Å². The van der Waals surface area contributed by atoms with E-state index in [0.29, 0.717) is 5.56 Å². The summed E-state index contributed by atoms with van der Waals surface area (Å²) in [7, 11) is 0. The minimum atomic E-state index is -0.152. The minimum absolute atomic E-state index is 0.0166. The predicted molar refractivity (Wildman–Crippen MR) is 82.2 cm³/mol. The Kier molecular flexibility index (Phi) is 4.91. The standard InChI is InChI=1S/C18H22FN/c1-4-15-9-11-16(12-10-15)13(2)20-14(3)17-7-5-6-8-18(17)19/h5-14,20H,4H2,1-3H3. The molecular formula is C18H22FN. The van der Waals surface area contributed by atoms with Gasteiger partial charge in [-0.3, -0.25) is 0 Å². The lowest BCUT2D eigenvalue weighted by Gasteiger charge is -2.21. The number of benzene rings is 2. The third-order valence-corrected chi connectivity index (χ3v) is 3.76. The summed E-state index contributed by atoms with van der Waals surface area (Å²) in [5.74, 6) is -0.152. The topological polar surface area (TPSA) is 12.0 Å². The average Bonchev–Trinajstić information content (AvgIpc) is 2.47. The van der Waals surface area contributed by atoms with E-state index in [1.807, 2.05) is 19.1 Å². The van der Waals surface area contributed by atoms with Crippen molar-refractivity contribution in [1.82, 2.24) is 5.32 Å². The Morgan fingerprint density at radius 2 is 1.60 bits per heavy atom. The fourth-order valence-corrected chi connectivity index (χ4v) is 2.43. The van der Waals surface area contributed by atoms with E-state index >= 15 is 0 Å².